The van der Waals surface area contributed by atoms with Gasteiger partial charge >= 0.3 is 0 Å². The van der Waals surface area contributed by atoms with Gasteiger partial charge in [0.15, 0.2) is 6.23 Å². The predicted molar refractivity (Wildman–Crippen MR) is 307 cm³/mol. The predicted octanol–water partition coefficient (Wildman–Crippen LogP) is 0.507. The molecule has 85 heavy (non-hydrogen) atoms. The summed E-state index contributed by atoms with van der Waals surface area (Å²) >= 11 is 0. The van der Waals surface area contributed by atoms with Gasteiger partial charge in [-0.15, -0.1) is 0 Å². The second-order valence-corrected chi connectivity index (χ2v) is 22.1. The van der Waals surface area contributed by atoms with Crippen molar-refractivity contribution in [1.82, 2.24) is 36.4 Å². The minimum atomic E-state index is -2.28. The van der Waals surface area contributed by atoms with E-state index in [2.05, 4.69) is 33.5 Å². The van der Waals surface area contributed by atoms with Crippen molar-refractivity contribution >= 4 is 41.4 Å². The number of rotatable bonds is 17. The van der Waals surface area contributed by atoms with Gasteiger partial charge in [-0.2, -0.15) is 0 Å². The van der Waals surface area contributed by atoms with E-state index in [-0.39, 0.29) is 30.0 Å². The van der Waals surface area contributed by atoms with Crippen LogP contribution in [0.2, 0.25) is 0 Å². The van der Waals surface area contributed by atoms with E-state index in [4.69, 9.17) is 9.47 Å². The summed E-state index contributed by atoms with van der Waals surface area (Å²) in [4.78, 5) is 103. The molecule has 3 heterocycles. The number of fused-ring (bicyclic) bond motifs is 2. The summed E-state index contributed by atoms with van der Waals surface area (Å²) in [6.07, 6.45) is -12.2. The molecule has 0 aromatic heterocycles. The second kappa shape index (κ2) is 29.5. The van der Waals surface area contributed by atoms with Crippen molar-refractivity contribution in [2.24, 2.45) is 5.92 Å². The van der Waals surface area contributed by atoms with Gasteiger partial charge in [-0.1, -0.05) is 94.3 Å². The van der Waals surface area contributed by atoms with Crippen LogP contribution in [0.15, 0.2) is 97.1 Å². The first-order chi connectivity index (χ1) is 40.5. The van der Waals surface area contributed by atoms with Crippen LogP contribution in [-0.4, -0.2) is 197 Å². The summed E-state index contributed by atoms with van der Waals surface area (Å²) in [6.45, 7) is 7.27. The number of phenolic OH excluding ortho intramolecular Hbond substituents is 1. The first-order valence-corrected chi connectivity index (χ1v) is 28.8. The van der Waals surface area contributed by atoms with Gasteiger partial charge in [-0.05, 0) is 90.9 Å². The van der Waals surface area contributed by atoms with Crippen molar-refractivity contribution in [3.8, 4) is 33.8 Å². The van der Waals surface area contributed by atoms with E-state index in [0.717, 1.165) is 70.9 Å². The number of amides is 7. The number of hydrogen-bond acceptors (Lipinski definition) is 17. The lowest BCUT2D eigenvalue weighted by atomic mass is 9.96. The highest BCUT2D eigenvalue weighted by Crippen LogP contribution is 2.30. The number of benzene rings is 4. The Balaban J connectivity index is 1.21. The molecule has 3 aliphatic heterocycles. The van der Waals surface area contributed by atoms with Gasteiger partial charge in [-0.25, -0.2) is 0 Å². The Kier molecular flexibility index (Phi) is 22.6. The minimum absolute atomic E-state index is 0.0498. The first-order valence-electron chi connectivity index (χ1n) is 28.8. The normalized spacial score (nSPS) is 27.0. The maximum absolute atomic E-state index is 14.7. The quantitative estimate of drug-likeness (QED) is 0.0641. The lowest BCUT2D eigenvalue weighted by Gasteiger charge is -2.34. The SMILES string of the molecule is CCCCCOc1ccc(-c2ccc(-c3ccc(C(=O)N[C@H]4C[C@@H](O)C(OCCC)NC(=O)C5[C@@H](O)[C@@H](C)CN5C(=O)C([C@@H](C)O)NC(=O)C([C@H](O)[C@@H](O)c5ccc(O)cc5)NC(=O)C5C[C@@H](O)CN5C(=O)C([C@@H](C)O)NC4=O)cc3)cc2)cc1. The van der Waals surface area contributed by atoms with Crippen LogP contribution in [0.4, 0.5) is 0 Å². The highest BCUT2D eigenvalue weighted by Gasteiger charge is 2.50. The second-order valence-electron chi connectivity index (χ2n) is 22.1. The number of aliphatic hydroxyl groups is 7. The van der Waals surface area contributed by atoms with Crippen molar-refractivity contribution in [2.75, 3.05) is 26.3 Å². The van der Waals surface area contributed by atoms with Crippen LogP contribution in [0.1, 0.15) is 95.2 Å². The fourth-order valence-corrected chi connectivity index (χ4v) is 10.6. The van der Waals surface area contributed by atoms with Crippen LogP contribution in [0, 0.1) is 5.92 Å². The Bertz CT molecular complexity index is 2930. The molecule has 24 nitrogen and oxygen atoms in total. The van der Waals surface area contributed by atoms with Gasteiger partial charge < -0.3 is 86.7 Å². The zero-order valence-electron chi connectivity index (χ0n) is 48.1. The number of aliphatic hydroxyl groups excluding tert-OH is 7. The average molecular weight is 1180 g/mol. The number of hydrogen-bond donors (Lipinski definition) is 13. The number of nitrogens with zero attached hydrogens (tertiary/aromatic N) is 2. The Labute approximate surface area is 492 Å². The molecule has 0 aliphatic carbocycles. The van der Waals surface area contributed by atoms with E-state index in [1.54, 1.807) is 19.1 Å². The van der Waals surface area contributed by atoms with E-state index in [1.165, 1.54) is 43.3 Å². The maximum Gasteiger partial charge on any atom is 0.251 e. The third kappa shape index (κ3) is 16.1. The Morgan fingerprint density at radius 1 is 0.624 bits per heavy atom. The van der Waals surface area contributed by atoms with Crippen LogP contribution < -0.4 is 31.3 Å². The Morgan fingerprint density at radius 2 is 1.16 bits per heavy atom. The molecule has 0 bridgehead atoms. The number of unbranched alkanes of at least 4 members (excludes halogenated alkanes) is 2. The topological polar surface area (TPSA) is 366 Å². The van der Waals surface area contributed by atoms with Crippen molar-refractivity contribution in [2.45, 2.75) is 158 Å². The molecule has 24 heteroatoms. The van der Waals surface area contributed by atoms with Crippen LogP contribution >= 0.6 is 0 Å². The Hall–Kier alpha value is -7.55. The molecule has 3 aliphatic rings. The summed E-state index contributed by atoms with van der Waals surface area (Å²) in [6, 6.07) is 15.3. The lowest BCUT2D eigenvalue weighted by molar-refractivity contribution is -0.149. The number of carbonyl (C=O) groups excluding carboxylic acids is 7. The van der Waals surface area contributed by atoms with E-state index in [1.807, 2.05) is 48.5 Å². The van der Waals surface area contributed by atoms with Crippen molar-refractivity contribution < 1.29 is 83.9 Å². The molecule has 4 aromatic carbocycles. The highest BCUT2D eigenvalue weighted by atomic mass is 16.5. The van der Waals surface area contributed by atoms with Gasteiger partial charge in [0, 0.05) is 44.0 Å². The molecule has 460 valence electrons. The Morgan fingerprint density at radius 3 is 1.73 bits per heavy atom. The average Bonchev–Trinajstić information content (AvgIpc) is 3.51. The molecule has 7 rings (SSSR count). The molecule has 3 saturated heterocycles. The van der Waals surface area contributed by atoms with Gasteiger partial charge in [0.25, 0.3) is 5.91 Å². The molecule has 0 radical (unpaired) electrons. The third-order valence-corrected chi connectivity index (χ3v) is 15.5. The largest absolute Gasteiger partial charge is 0.508 e. The zero-order chi connectivity index (χ0) is 61.8. The summed E-state index contributed by atoms with van der Waals surface area (Å²) in [7, 11) is 0. The maximum atomic E-state index is 14.7. The first kappa shape index (κ1) is 65.0. The molecule has 13 N–H and O–H groups in total. The number of phenols is 1. The zero-order valence-corrected chi connectivity index (χ0v) is 48.1. The van der Waals surface area contributed by atoms with Crippen LogP contribution in [-0.2, 0) is 33.5 Å². The van der Waals surface area contributed by atoms with Crippen LogP contribution in [0.25, 0.3) is 22.3 Å². The monoisotopic (exact) mass is 1180 g/mol. The summed E-state index contributed by atoms with van der Waals surface area (Å²) < 4.78 is 11.8. The van der Waals surface area contributed by atoms with E-state index in [0.29, 0.717) is 13.0 Å². The van der Waals surface area contributed by atoms with Gasteiger partial charge in [0.1, 0.15) is 66.1 Å². The van der Waals surface area contributed by atoms with Gasteiger partial charge in [-0.3, -0.25) is 33.6 Å². The van der Waals surface area contributed by atoms with Gasteiger partial charge in [0.2, 0.25) is 35.4 Å². The number of carbonyl (C=O) groups is 7. The van der Waals surface area contributed by atoms with Gasteiger partial charge in [0.05, 0.1) is 31.0 Å². The molecule has 0 spiro atoms. The molecular weight excluding hydrogens is 1100 g/mol. The lowest BCUT2D eigenvalue weighted by Crippen LogP contribution is -2.64. The van der Waals surface area contributed by atoms with Crippen molar-refractivity contribution in [3.63, 3.8) is 0 Å². The van der Waals surface area contributed by atoms with E-state index < -0.39 is 152 Å². The summed E-state index contributed by atoms with van der Waals surface area (Å²) in [5.74, 6) is -8.21. The molecule has 7 amide bonds. The molecule has 15 atom stereocenters. The molecule has 6 unspecified atom stereocenters. The van der Waals surface area contributed by atoms with E-state index >= 15 is 0 Å². The molecular formula is C61H79N7O17. The van der Waals surface area contributed by atoms with E-state index in [9.17, 15) is 74.4 Å². The summed E-state index contributed by atoms with van der Waals surface area (Å²) in [5, 5.41) is 102. The fraction of sp³-hybridized carbons (Fsp3) is 0.492. The van der Waals surface area contributed by atoms with Crippen molar-refractivity contribution in [1.29, 1.82) is 0 Å². The highest BCUT2D eigenvalue weighted by molar-refractivity contribution is 6.00. The summed E-state index contributed by atoms with van der Waals surface area (Å²) in [5.41, 5.74) is 3.49. The number of aromatic hydroxyl groups is 1. The third-order valence-electron chi connectivity index (χ3n) is 15.5. The minimum Gasteiger partial charge on any atom is -0.508 e. The fourth-order valence-electron chi connectivity index (χ4n) is 10.6. The standard InChI is InChI=1S/C61H79N7O17/c1-6-8-9-27-84-43-24-20-38(21-25-43)36-12-10-35(11-13-36)37-14-16-40(17-15-37)54(77)62-44-29-46(73)59(85-26-7-2)66-58(81)50-51(74)32(3)30-68(50)61(83)48(34(5)70)64-57(80)49(53(76)52(75)39-18-22-41(71)23-19-39)65-56(79)45-28-42(72)31-67(45)60(82)47(33(4)69)63-55(44)78/h10-25,32-34,42,44-53,59,69-76H,6-9,26-31H2,1-5H3,(H,62,77)(H,63,78)(H,64,80)(H,65,79)(H,66,81)/t32-,33+,34+,42+,44-,45?,46+,47?,48?,49?,50?,51-,52-,53-,59?/m0/s1. The van der Waals surface area contributed by atoms with Crippen LogP contribution in [0.5, 0.6) is 11.5 Å². The molecule has 0 saturated carbocycles. The van der Waals surface area contributed by atoms with Crippen molar-refractivity contribution in [3.05, 3.63) is 108 Å². The number of ether oxygens (including phenoxy) is 2. The molecule has 4 aromatic rings. The smallest absolute Gasteiger partial charge is 0.251 e. The molecule has 3 fully saturated rings. The van der Waals surface area contributed by atoms with Crippen LogP contribution in [0.3, 0.4) is 0 Å². The number of nitrogens with one attached hydrogen (secondary N) is 5.